The van der Waals surface area contributed by atoms with Crippen molar-refractivity contribution in [2.75, 3.05) is 13.1 Å². The fourth-order valence-electron chi connectivity index (χ4n) is 1.63. The number of amides is 1. The molecule has 0 saturated carbocycles. The van der Waals surface area contributed by atoms with Gasteiger partial charge in [0.25, 0.3) is 0 Å². The van der Waals surface area contributed by atoms with Crippen LogP contribution in [0.2, 0.25) is 0 Å². The topological polar surface area (TPSA) is 55.6 Å². The summed E-state index contributed by atoms with van der Waals surface area (Å²) in [5, 5.41) is 2.01. The number of hydrogen-bond acceptors (Lipinski definition) is 4. The normalized spacial score (nSPS) is 20.7. The highest BCUT2D eigenvalue weighted by Crippen LogP contribution is 2.18. The molecule has 2 rings (SSSR count). The Hall–Kier alpha value is -1.07. The molecular weight excluding hydrogens is 212 g/mol. The van der Waals surface area contributed by atoms with Crippen molar-refractivity contribution < 1.29 is 9.53 Å². The van der Waals surface area contributed by atoms with Gasteiger partial charge in [-0.2, -0.15) is 0 Å². The summed E-state index contributed by atoms with van der Waals surface area (Å²) in [6, 6.07) is 4.01. The molecule has 1 atom stereocenters. The van der Waals surface area contributed by atoms with E-state index in [0.717, 1.165) is 6.42 Å². The molecule has 2 N–H and O–H groups in total. The van der Waals surface area contributed by atoms with Crippen molar-refractivity contribution in [2.24, 2.45) is 5.73 Å². The van der Waals surface area contributed by atoms with Crippen LogP contribution in [0.5, 0.6) is 0 Å². The Morgan fingerprint density at radius 1 is 1.67 bits per heavy atom. The Balaban J connectivity index is 1.91. The third kappa shape index (κ3) is 2.49. The van der Waals surface area contributed by atoms with Crippen molar-refractivity contribution in [1.82, 2.24) is 4.90 Å². The highest BCUT2D eigenvalue weighted by Gasteiger charge is 2.30. The molecule has 1 aromatic rings. The van der Waals surface area contributed by atoms with Gasteiger partial charge in [0.1, 0.15) is 6.10 Å². The second-order valence-electron chi connectivity index (χ2n) is 3.54. The molecule has 1 saturated heterocycles. The van der Waals surface area contributed by atoms with Crippen LogP contribution in [0.4, 0.5) is 4.79 Å². The molecule has 1 aromatic heterocycles. The summed E-state index contributed by atoms with van der Waals surface area (Å²) in [6.07, 6.45) is 0.497. The maximum atomic E-state index is 11.5. The van der Waals surface area contributed by atoms with E-state index < -0.39 is 0 Å². The van der Waals surface area contributed by atoms with Crippen LogP contribution in [0.25, 0.3) is 0 Å². The third-order valence-electron chi connectivity index (χ3n) is 2.37. The zero-order valence-corrected chi connectivity index (χ0v) is 9.20. The predicted molar refractivity (Wildman–Crippen MR) is 58.7 cm³/mol. The molecule has 0 bridgehead atoms. The van der Waals surface area contributed by atoms with Gasteiger partial charge in [-0.15, -0.1) is 11.3 Å². The van der Waals surface area contributed by atoms with Crippen molar-refractivity contribution in [3.63, 3.8) is 0 Å². The minimum Gasteiger partial charge on any atom is -0.444 e. The Bertz CT molecular complexity index is 326. The number of rotatable bonds is 4. The van der Waals surface area contributed by atoms with E-state index >= 15 is 0 Å². The Labute approximate surface area is 92.6 Å². The van der Waals surface area contributed by atoms with Gasteiger partial charge in [-0.1, -0.05) is 6.07 Å². The third-order valence-corrected chi connectivity index (χ3v) is 3.23. The lowest BCUT2D eigenvalue weighted by atomic mass is 10.2. The second kappa shape index (κ2) is 4.63. The zero-order chi connectivity index (χ0) is 10.7. The van der Waals surface area contributed by atoms with Crippen LogP contribution >= 0.6 is 11.3 Å². The van der Waals surface area contributed by atoms with Crippen LogP contribution in [0.1, 0.15) is 11.3 Å². The van der Waals surface area contributed by atoms with Crippen LogP contribution in [0, 0.1) is 0 Å². The van der Waals surface area contributed by atoms with E-state index in [2.05, 4.69) is 0 Å². The molecule has 1 fully saturated rings. The second-order valence-corrected chi connectivity index (χ2v) is 4.58. The van der Waals surface area contributed by atoms with Gasteiger partial charge < -0.3 is 10.5 Å². The molecule has 0 aliphatic carbocycles. The fraction of sp³-hybridized carbons (Fsp3) is 0.500. The lowest BCUT2D eigenvalue weighted by Crippen LogP contribution is -2.24. The first-order valence-corrected chi connectivity index (χ1v) is 5.85. The minimum absolute atomic E-state index is 0.0255. The molecular formula is C10H14N2O2S. The van der Waals surface area contributed by atoms with Gasteiger partial charge in [-0.3, -0.25) is 4.90 Å². The number of nitrogens with two attached hydrogens (primary N) is 1. The monoisotopic (exact) mass is 226 g/mol. The Morgan fingerprint density at radius 2 is 2.53 bits per heavy atom. The van der Waals surface area contributed by atoms with E-state index in [9.17, 15) is 4.79 Å². The van der Waals surface area contributed by atoms with Crippen molar-refractivity contribution >= 4 is 17.4 Å². The summed E-state index contributed by atoms with van der Waals surface area (Å²) in [6.45, 7) is 1.87. The average Bonchev–Trinajstić information content (AvgIpc) is 2.79. The Kier molecular flexibility index (Phi) is 3.23. The van der Waals surface area contributed by atoms with Gasteiger partial charge in [-0.05, 0) is 24.4 Å². The fourth-order valence-corrected chi connectivity index (χ4v) is 2.35. The maximum absolute atomic E-state index is 11.5. The molecule has 0 spiro atoms. The number of cyclic esters (lactones) is 1. The highest BCUT2D eigenvalue weighted by atomic mass is 32.1. The summed E-state index contributed by atoms with van der Waals surface area (Å²) in [7, 11) is 0. The van der Waals surface area contributed by atoms with Gasteiger partial charge in [0.2, 0.25) is 0 Å². The molecule has 4 nitrogen and oxygen atoms in total. The van der Waals surface area contributed by atoms with Crippen LogP contribution in [-0.4, -0.2) is 30.2 Å². The average molecular weight is 226 g/mol. The molecule has 5 heteroatoms. The first-order valence-electron chi connectivity index (χ1n) is 4.97. The van der Waals surface area contributed by atoms with E-state index in [1.807, 2.05) is 17.5 Å². The van der Waals surface area contributed by atoms with Crippen molar-refractivity contribution in [3.8, 4) is 0 Å². The molecule has 0 radical (unpaired) electrons. The minimum atomic E-state index is -0.221. The van der Waals surface area contributed by atoms with Gasteiger partial charge in [0.05, 0.1) is 13.1 Å². The molecule has 1 amide bonds. The van der Waals surface area contributed by atoms with Crippen molar-refractivity contribution in [2.45, 2.75) is 19.1 Å². The summed E-state index contributed by atoms with van der Waals surface area (Å²) in [4.78, 5) is 14.4. The molecule has 2 heterocycles. The summed E-state index contributed by atoms with van der Waals surface area (Å²) >= 11 is 1.65. The number of ether oxygens (including phenoxy) is 1. The van der Waals surface area contributed by atoms with Crippen LogP contribution < -0.4 is 5.73 Å². The van der Waals surface area contributed by atoms with E-state index in [1.54, 1.807) is 16.2 Å². The highest BCUT2D eigenvalue weighted by molar-refractivity contribution is 7.09. The van der Waals surface area contributed by atoms with Gasteiger partial charge in [-0.25, -0.2) is 4.79 Å². The number of nitrogens with zero attached hydrogens (tertiary/aromatic N) is 1. The molecule has 82 valence electrons. The van der Waals surface area contributed by atoms with Gasteiger partial charge in [0, 0.05) is 4.88 Å². The van der Waals surface area contributed by atoms with Crippen LogP contribution in [0.3, 0.4) is 0 Å². The van der Waals surface area contributed by atoms with Crippen LogP contribution in [0.15, 0.2) is 17.5 Å². The first-order chi connectivity index (χ1) is 7.29. The molecule has 15 heavy (non-hydrogen) atoms. The summed E-state index contributed by atoms with van der Waals surface area (Å²) < 4.78 is 5.17. The SMILES string of the molecule is NCCC1CN(Cc2cccs2)C(=O)O1. The summed E-state index contributed by atoms with van der Waals surface area (Å²) in [5.74, 6) is 0. The molecule has 1 aliphatic heterocycles. The first kappa shape index (κ1) is 10.4. The van der Waals surface area contributed by atoms with E-state index in [4.69, 9.17) is 10.5 Å². The van der Waals surface area contributed by atoms with Crippen molar-refractivity contribution in [3.05, 3.63) is 22.4 Å². The lowest BCUT2D eigenvalue weighted by molar-refractivity contribution is 0.129. The van der Waals surface area contributed by atoms with E-state index in [-0.39, 0.29) is 12.2 Å². The number of thiophene rings is 1. The number of hydrogen-bond donors (Lipinski definition) is 1. The molecule has 1 unspecified atom stereocenters. The lowest BCUT2D eigenvalue weighted by Gasteiger charge is -2.10. The van der Waals surface area contributed by atoms with Crippen molar-refractivity contribution in [1.29, 1.82) is 0 Å². The standard InChI is InChI=1S/C10H14N2O2S/c11-4-3-8-6-12(10(13)14-8)7-9-2-1-5-15-9/h1-2,5,8H,3-4,6-7,11H2. The largest absolute Gasteiger partial charge is 0.444 e. The number of carbonyl (C=O) groups excluding carboxylic acids is 1. The van der Waals surface area contributed by atoms with Gasteiger partial charge >= 0.3 is 6.09 Å². The predicted octanol–water partition coefficient (Wildman–Crippen LogP) is 1.42. The van der Waals surface area contributed by atoms with E-state index in [0.29, 0.717) is 19.6 Å². The maximum Gasteiger partial charge on any atom is 0.410 e. The zero-order valence-electron chi connectivity index (χ0n) is 8.39. The smallest absolute Gasteiger partial charge is 0.410 e. The van der Waals surface area contributed by atoms with E-state index in [1.165, 1.54) is 4.88 Å². The molecule has 1 aliphatic rings. The Morgan fingerprint density at radius 3 is 3.20 bits per heavy atom. The molecule has 0 aromatic carbocycles. The van der Waals surface area contributed by atoms with Crippen LogP contribution in [-0.2, 0) is 11.3 Å². The summed E-state index contributed by atoms with van der Waals surface area (Å²) in [5.41, 5.74) is 5.43. The quantitative estimate of drug-likeness (QED) is 0.844. The number of carbonyl (C=O) groups is 1. The van der Waals surface area contributed by atoms with Gasteiger partial charge in [0.15, 0.2) is 0 Å².